The normalized spacial score (nSPS) is 7.40. The highest BCUT2D eigenvalue weighted by Gasteiger charge is 1.69. The molecule has 0 N–H and O–H groups in total. The molecule has 0 aromatic heterocycles. The first-order valence-corrected chi connectivity index (χ1v) is 2.60. The lowest BCUT2D eigenvalue weighted by molar-refractivity contribution is 0.595. The summed E-state index contributed by atoms with van der Waals surface area (Å²) in [5.41, 5.74) is 1.58. The van der Waals surface area contributed by atoms with Gasteiger partial charge in [-0.1, -0.05) is 0 Å². The second-order valence-electron chi connectivity index (χ2n) is 0.542. The molecule has 0 atom stereocenters. The van der Waals surface area contributed by atoms with Gasteiger partial charge in [0, 0.05) is 0 Å². The second-order valence-corrected chi connectivity index (χ2v) is 1.63. The molecule has 2 heteroatoms. The van der Waals surface area contributed by atoms with Crippen molar-refractivity contribution in [2.24, 2.45) is 0 Å². The van der Waals surface area contributed by atoms with Gasteiger partial charge >= 0.3 is 0 Å². The number of halogens is 1. The third kappa shape index (κ3) is 3.89. The summed E-state index contributed by atoms with van der Waals surface area (Å²) in [4.78, 5) is 0. The second kappa shape index (κ2) is 3.89. The molecule has 0 fully saturated rings. The Morgan fingerprint density at radius 1 is 2.00 bits per heavy atom. The highest BCUT2D eigenvalue weighted by molar-refractivity contribution is 6.41. The van der Waals surface area contributed by atoms with Crippen molar-refractivity contribution in [2.45, 2.75) is 0 Å². The van der Waals surface area contributed by atoms with Crippen LogP contribution in [0.1, 0.15) is 0 Å². The predicted molar refractivity (Wildman–Crippen MR) is 21.9 cm³/mol. The Hall–Kier alpha value is -0.113. The maximum absolute atomic E-state index is 10.9. The van der Waals surface area contributed by atoms with Crippen molar-refractivity contribution in [3.05, 3.63) is 12.3 Å². The van der Waals surface area contributed by atoms with Crippen molar-refractivity contribution in [1.29, 1.82) is 0 Å². The average Bonchev–Trinajstić information content (AvgIpc) is 1.41. The van der Waals surface area contributed by atoms with Crippen LogP contribution in [0.5, 0.6) is 0 Å². The van der Waals surface area contributed by atoms with Crippen molar-refractivity contribution in [1.82, 2.24) is 0 Å². The lowest BCUT2D eigenvalue weighted by Crippen LogP contribution is -1.82. The number of rotatable bonds is 2. The van der Waals surface area contributed by atoms with Crippen molar-refractivity contribution in [3.63, 3.8) is 0 Å². The quantitative estimate of drug-likeness (QED) is 0.437. The van der Waals surface area contributed by atoms with E-state index in [1.54, 1.807) is 5.70 Å². The molecule has 2 radical (unpaired) electrons. The van der Waals surface area contributed by atoms with Gasteiger partial charge in [-0.2, -0.15) is 0 Å². The molecule has 0 rings (SSSR count). The SMILES string of the molecule is C=C[Si]CF. The van der Waals surface area contributed by atoms with Gasteiger partial charge in [-0.15, -0.1) is 12.3 Å². The molecule has 0 aliphatic heterocycles. The van der Waals surface area contributed by atoms with Gasteiger partial charge in [0.2, 0.25) is 0 Å². The van der Waals surface area contributed by atoms with Crippen LogP contribution in [0.2, 0.25) is 0 Å². The van der Waals surface area contributed by atoms with Crippen LogP contribution in [0.3, 0.4) is 0 Å². The Morgan fingerprint density at radius 2 is 2.60 bits per heavy atom. The van der Waals surface area contributed by atoms with Crippen LogP contribution in [0.15, 0.2) is 12.3 Å². The maximum atomic E-state index is 10.9. The summed E-state index contributed by atoms with van der Waals surface area (Å²) < 4.78 is 10.9. The summed E-state index contributed by atoms with van der Waals surface area (Å²) in [5, 5.41) is 0. The smallest absolute Gasteiger partial charge is 0.111 e. The third-order valence-corrected chi connectivity index (χ3v) is 0.664. The standard InChI is InChI=1S/C3H5FSi/c1-2-5-3-4/h2H,1,3H2. The van der Waals surface area contributed by atoms with E-state index in [4.69, 9.17) is 0 Å². The van der Waals surface area contributed by atoms with Crippen LogP contribution in [-0.4, -0.2) is 15.8 Å². The van der Waals surface area contributed by atoms with Crippen LogP contribution in [-0.2, 0) is 0 Å². The molecule has 0 aliphatic carbocycles. The molecular formula is C3H5FSi. The van der Waals surface area contributed by atoms with Gasteiger partial charge in [0.15, 0.2) is 0 Å². The van der Waals surface area contributed by atoms with Gasteiger partial charge < -0.3 is 0 Å². The van der Waals surface area contributed by atoms with Crippen molar-refractivity contribution >= 4 is 9.52 Å². The highest BCUT2D eigenvalue weighted by Crippen LogP contribution is 1.60. The van der Waals surface area contributed by atoms with E-state index in [1.165, 1.54) is 0 Å². The van der Waals surface area contributed by atoms with Gasteiger partial charge in [-0.25, -0.2) is 0 Å². The van der Waals surface area contributed by atoms with Gasteiger partial charge in [0.05, 0.1) is 6.30 Å². The van der Waals surface area contributed by atoms with Gasteiger partial charge in [-0.05, 0) is 0 Å². The molecule has 28 valence electrons. The minimum atomic E-state index is -0.247. The topological polar surface area (TPSA) is 0 Å². The minimum absolute atomic E-state index is 0.247. The number of hydrogen-bond donors (Lipinski definition) is 0. The van der Waals surface area contributed by atoms with Crippen LogP contribution >= 0.6 is 0 Å². The summed E-state index contributed by atoms with van der Waals surface area (Å²) in [6, 6.07) is 0. The Balaban J connectivity index is 2.40. The molecule has 0 aromatic rings. The summed E-state index contributed by atoms with van der Waals surface area (Å²) in [6.07, 6.45) is -0.247. The lowest BCUT2D eigenvalue weighted by atomic mass is 11.3. The zero-order chi connectivity index (χ0) is 4.12. The molecule has 0 spiro atoms. The summed E-state index contributed by atoms with van der Waals surface area (Å²) >= 11 is 0. The first kappa shape index (κ1) is 4.89. The van der Waals surface area contributed by atoms with Crippen LogP contribution < -0.4 is 0 Å². The van der Waals surface area contributed by atoms with E-state index in [0.717, 1.165) is 0 Å². The van der Waals surface area contributed by atoms with E-state index in [9.17, 15) is 4.39 Å². The molecule has 0 aromatic carbocycles. The van der Waals surface area contributed by atoms with Crippen molar-refractivity contribution < 1.29 is 4.39 Å². The molecule has 0 saturated carbocycles. The first-order chi connectivity index (χ1) is 2.41. The molecule has 0 saturated heterocycles. The fraction of sp³-hybridized carbons (Fsp3) is 0.333. The molecule has 0 amide bonds. The van der Waals surface area contributed by atoms with Crippen molar-refractivity contribution in [2.75, 3.05) is 6.30 Å². The first-order valence-electron chi connectivity index (χ1n) is 1.32. The van der Waals surface area contributed by atoms with E-state index in [-0.39, 0.29) is 6.30 Å². The zero-order valence-corrected chi connectivity index (χ0v) is 3.87. The molecule has 0 aliphatic rings. The highest BCUT2D eigenvalue weighted by atomic mass is 28.2. The summed E-state index contributed by atoms with van der Waals surface area (Å²) in [6.45, 7) is 3.32. The van der Waals surface area contributed by atoms with Crippen molar-refractivity contribution in [3.8, 4) is 0 Å². The largest absolute Gasteiger partial charge is 0.255 e. The summed E-state index contributed by atoms with van der Waals surface area (Å²) in [5.74, 6) is 0. The predicted octanol–water partition coefficient (Wildman–Crippen LogP) is 0.761. The monoisotopic (exact) mass is 88.0 g/mol. The maximum Gasteiger partial charge on any atom is 0.111 e. The molecular weight excluding hydrogens is 83.1 g/mol. The number of alkyl halides is 1. The lowest BCUT2D eigenvalue weighted by Gasteiger charge is -1.66. The van der Waals surface area contributed by atoms with E-state index in [0.29, 0.717) is 9.52 Å². The molecule has 0 unspecified atom stereocenters. The Morgan fingerprint density at radius 3 is 2.60 bits per heavy atom. The van der Waals surface area contributed by atoms with Gasteiger partial charge in [-0.3, -0.25) is 4.39 Å². The van der Waals surface area contributed by atoms with Crippen LogP contribution in [0.25, 0.3) is 0 Å². The average molecular weight is 88.2 g/mol. The molecule has 0 nitrogen and oxygen atoms in total. The van der Waals surface area contributed by atoms with Gasteiger partial charge in [0.25, 0.3) is 0 Å². The Bertz CT molecular complexity index is 28.1. The van der Waals surface area contributed by atoms with E-state index in [1.807, 2.05) is 0 Å². The van der Waals surface area contributed by atoms with E-state index >= 15 is 0 Å². The van der Waals surface area contributed by atoms with E-state index < -0.39 is 0 Å². The van der Waals surface area contributed by atoms with Crippen LogP contribution in [0, 0.1) is 0 Å². The van der Waals surface area contributed by atoms with E-state index in [2.05, 4.69) is 6.58 Å². The zero-order valence-electron chi connectivity index (χ0n) is 2.87. The Kier molecular flexibility index (Phi) is 3.80. The molecule has 0 heterocycles. The fourth-order valence-electron chi connectivity index (χ4n) is 0.0546. The third-order valence-electron chi connectivity index (χ3n) is 0.221. The van der Waals surface area contributed by atoms with Gasteiger partial charge in [0.1, 0.15) is 9.52 Å². The molecule has 5 heavy (non-hydrogen) atoms. The summed E-state index contributed by atoms with van der Waals surface area (Å²) in [7, 11) is 0.295. The molecule has 0 bridgehead atoms. The fourth-order valence-corrected chi connectivity index (χ4v) is 0.164. The number of hydrogen-bond acceptors (Lipinski definition) is 0. The Labute approximate surface area is 33.5 Å². The van der Waals surface area contributed by atoms with Crippen LogP contribution in [0.4, 0.5) is 4.39 Å². The minimum Gasteiger partial charge on any atom is -0.255 e.